The van der Waals surface area contributed by atoms with Gasteiger partial charge < -0.3 is 5.73 Å². The molecule has 16 heavy (non-hydrogen) atoms. The minimum absolute atomic E-state index is 0.0819. The first kappa shape index (κ1) is 13.7. The molecule has 1 heterocycles. The number of rotatable bonds is 6. The normalized spacial score (nSPS) is 15.1. The summed E-state index contributed by atoms with van der Waals surface area (Å²) in [5, 5.41) is 4.22. The van der Waals surface area contributed by atoms with E-state index < -0.39 is 0 Å². The Hall–Kier alpha value is -0.350. The molecule has 1 rings (SSSR count). The lowest BCUT2D eigenvalue weighted by atomic mass is 9.90. The van der Waals surface area contributed by atoms with Crippen LogP contribution in [0.2, 0.25) is 0 Å². The summed E-state index contributed by atoms with van der Waals surface area (Å²) in [6, 6.07) is 0.0819. The van der Waals surface area contributed by atoms with Crippen LogP contribution in [0.1, 0.15) is 51.3 Å². The molecule has 0 amide bonds. The first-order chi connectivity index (χ1) is 7.61. The van der Waals surface area contributed by atoms with E-state index in [4.69, 9.17) is 5.73 Å². The van der Waals surface area contributed by atoms with Crippen LogP contribution in [-0.4, -0.2) is 9.78 Å². The highest BCUT2D eigenvalue weighted by Gasteiger charge is 2.22. The Balaban J connectivity index is 2.78. The predicted octanol–water partition coefficient (Wildman–Crippen LogP) is 3.40. The molecule has 3 nitrogen and oxygen atoms in total. The summed E-state index contributed by atoms with van der Waals surface area (Å²) in [7, 11) is 1.95. The van der Waals surface area contributed by atoms with Gasteiger partial charge in [-0.1, -0.05) is 33.1 Å². The van der Waals surface area contributed by atoms with Crippen LogP contribution in [0.3, 0.4) is 0 Å². The van der Waals surface area contributed by atoms with Gasteiger partial charge in [0.2, 0.25) is 0 Å². The minimum atomic E-state index is 0.0819. The summed E-state index contributed by atoms with van der Waals surface area (Å²) in [6.07, 6.45) is 6.63. The number of aryl methyl sites for hydroxylation is 1. The first-order valence-electron chi connectivity index (χ1n) is 6.04. The Bertz CT molecular complexity index is 303. The molecular weight excluding hydrogens is 266 g/mol. The van der Waals surface area contributed by atoms with E-state index >= 15 is 0 Å². The molecule has 1 aromatic rings. The van der Waals surface area contributed by atoms with Crippen LogP contribution in [0.25, 0.3) is 0 Å². The molecule has 0 bridgehead atoms. The lowest BCUT2D eigenvalue weighted by molar-refractivity contribution is 0.363. The molecule has 1 aromatic heterocycles. The van der Waals surface area contributed by atoms with Crippen molar-refractivity contribution in [1.29, 1.82) is 0 Å². The first-order valence-corrected chi connectivity index (χ1v) is 6.84. The topological polar surface area (TPSA) is 43.8 Å². The average molecular weight is 288 g/mol. The Morgan fingerprint density at radius 2 is 2.19 bits per heavy atom. The third kappa shape index (κ3) is 3.08. The van der Waals surface area contributed by atoms with Crippen molar-refractivity contribution in [3.63, 3.8) is 0 Å². The number of unbranched alkanes of at least 4 members (excludes halogenated alkanes) is 1. The largest absolute Gasteiger partial charge is 0.322 e. The molecule has 2 unspecified atom stereocenters. The number of nitrogens with two attached hydrogens (primary N) is 1. The number of hydrogen-bond acceptors (Lipinski definition) is 2. The molecule has 0 fully saturated rings. The standard InChI is InChI=1S/C12H22BrN3/c1-4-6-7-9(5-2)11(14)12-10(13)8-15-16(12)3/h8-9,11H,4-7,14H2,1-3H3. The van der Waals surface area contributed by atoms with Crippen LogP contribution in [0.15, 0.2) is 10.7 Å². The lowest BCUT2D eigenvalue weighted by Crippen LogP contribution is -2.24. The zero-order valence-electron chi connectivity index (χ0n) is 10.4. The van der Waals surface area contributed by atoms with E-state index in [0.29, 0.717) is 5.92 Å². The zero-order valence-corrected chi connectivity index (χ0v) is 12.0. The van der Waals surface area contributed by atoms with Crippen LogP contribution < -0.4 is 5.73 Å². The molecule has 0 aliphatic carbocycles. The second kappa shape index (κ2) is 6.40. The highest BCUT2D eigenvalue weighted by molar-refractivity contribution is 9.10. The van der Waals surface area contributed by atoms with Crippen molar-refractivity contribution in [3.05, 3.63) is 16.4 Å². The maximum absolute atomic E-state index is 6.35. The average Bonchev–Trinajstić information content (AvgIpc) is 2.59. The number of hydrogen-bond donors (Lipinski definition) is 1. The maximum atomic E-state index is 6.35. The Morgan fingerprint density at radius 1 is 1.50 bits per heavy atom. The number of nitrogens with zero attached hydrogens (tertiary/aromatic N) is 2. The van der Waals surface area contributed by atoms with Gasteiger partial charge >= 0.3 is 0 Å². The molecule has 0 saturated heterocycles. The fourth-order valence-electron chi connectivity index (χ4n) is 2.12. The van der Waals surface area contributed by atoms with Crippen molar-refractivity contribution in [2.75, 3.05) is 0 Å². The highest BCUT2D eigenvalue weighted by atomic mass is 79.9. The Morgan fingerprint density at radius 3 is 2.62 bits per heavy atom. The van der Waals surface area contributed by atoms with E-state index in [1.807, 2.05) is 17.9 Å². The third-order valence-electron chi connectivity index (χ3n) is 3.21. The van der Waals surface area contributed by atoms with Crippen LogP contribution in [0, 0.1) is 5.92 Å². The van der Waals surface area contributed by atoms with Crippen molar-refractivity contribution >= 4 is 15.9 Å². The van der Waals surface area contributed by atoms with Gasteiger partial charge in [0, 0.05) is 7.05 Å². The molecule has 0 spiro atoms. The molecule has 0 aliphatic heterocycles. The molecule has 0 radical (unpaired) electrons. The van der Waals surface area contributed by atoms with Gasteiger partial charge in [-0.25, -0.2) is 0 Å². The molecule has 0 saturated carbocycles. The van der Waals surface area contributed by atoms with Crippen LogP contribution in [0.5, 0.6) is 0 Å². The monoisotopic (exact) mass is 287 g/mol. The number of halogens is 1. The summed E-state index contributed by atoms with van der Waals surface area (Å²) in [5.41, 5.74) is 7.46. The SMILES string of the molecule is CCCCC(CC)C(N)c1c(Br)cnn1C. The zero-order chi connectivity index (χ0) is 12.1. The van der Waals surface area contributed by atoms with Gasteiger partial charge in [-0.3, -0.25) is 4.68 Å². The summed E-state index contributed by atoms with van der Waals surface area (Å²) < 4.78 is 2.90. The smallest absolute Gasteiger partial charge is 0.0692 e. The summed E-state index contributed by atoms with van der Waals surface area (Å²) >= 11 is 3.52. The van der Waals surface area contributed by atoms with Gasteiger partial charge in [-0.05, 0) is 28.3 Å². The molecule has 92 valence electrons. The molecular formula is C12H22BrN3. The molecule has 4 heteroatoms. The van der Waals surface area contributed by atoms with Gasteiger partial charge in [0.15, 0.2) is 0 Å². The second-order valence-electron chi connectivity index (χ2n) is 4.34. The van der Waals surface area contributed by atoms with Gasteiger partial charge in [-0.15, -0.1) is 0 Å². The predicted molar refractivity (Wildman–Crippen MR) is 71.1 cm³/mol. The van der Waals surface area contributed by atoms with E-state index in [-0.39, 0.29) is 6.04 Å². The van der Waals surface area contributed by atoms with E-state index in [1.165, 1.54) is 19.3 Å². The lowest BCUT2D eigenvalue weighted by Gasteiger charge is -2.23. The molecule has 2 N–H and O–H groups in total. The van der Waals surface area contributed by atoms with Crippen LogP contribution in [0.4, 0.5) is 0 Å². The Labute approximate surface area is 107 Å². The quantitative estimate of drug-likeness (QED) is 0.872. The molecule has 0 aliphatic rings. The van der Waals surface area contributed by atoms with E-state index in [0.717, 1.165) is 16.6 Å². The van der Waals surface area contributed by atoms with Crippen molar-refractivity contribution in [1.82, 2.24) is 9.78 Å². The van der Waals surface area contributed by atoms with Gasteiger partial charge in [0.25, 0.3) is 0 Å². The van der Waals surface area contributed by atoms with Crippen LogP contribution >= 0.6 is 15.9 Å². The third-order valence-corrected chi connectivity index (χ3v) is 3.83. The fraction of sp³-hybridized carbons (Fsp3) is 0.750. The number of aromatic nitrogens is 2. The van der Waals surface area contributed by atoms with Gasteiger partial charge in [0.1, 0.15) is 0 Å². The molecule has 2 atom stereocenters. The van der Waals surface area contributed by atoms with Crippen molar-refractivity contribution < 1.29 is 0 Å². The van der Waals surface area contributed by atoms with Crippen molar-refractivity contribution in [3.8, 4) is 0 Å². The Kier molecular flexibility index (Phi) is 5.49. The van der Waals surface area contributed by atoms with Gasteiger partial charge in [0.05, 0.1) is 22.4 Å². The van der Waals surface area contributed by atoms with Crippen molar-refractivity contribution in [2.45, 2.75) is 45.6 Å². The highest BCUT2D eigenvalue weighted by Crippen LogP contribution is 2.30. The summed E-state index contributed by atoms with van der Waals surface area (Å²) in [5.74, 6) is 0.548. The van der Waals surface area contributed by atoms with E-state index in [1.54, 1.807) is 0 Å². The van der Waals surface area contributed by atoms with E-state index in [2.05, 4.69) is 34.9 Å². The van der Waals surface area contributed by atoms with Crippen molar-refractivity contribution in [2.24, 2.45) is 18.7 Å². The fourth-order valence-corrected chi connectivity index (χ4v) is 2.73. The van der Waals surface area contributed by atoms with E-state index in [9.17, 15) is 0 Å². The summed E-state index contributed by atoms with van der Waals surface area (Å²) in [6.45, 7) is 4.43. The molecule has 0 aromatic carbocycles. The maximum Gasteiger partial charge on any atom is 0.0692 e. The minimum Gasteiger partial charge on any atom is -0.322 e. The van der Waals surface area contributed by atoms with Crippen LogP contribution in [-0.2, 0) is 7.05 Å². The van der Waals surface area contributed by atoms with Gasteiger partial charge in [-0.2, -0.15) is 5.10 Å². The second-order valence-corrected chi connectivity index (χ2v) is 5.19. The summed E-state index contributed by atoms with van der Waals surface area (Å²) in [4.78, 5) is 0.